The van der Waals surface area contributed by atoms with Crippen LogP contribution in [0.25, 0.3) is 0 Å². The molecule has 1 aromatic carbocycles. The van der Waals surface area contributed by atoms with Crippen LogP contribution in [0.4, 0.5) is 11.8 Å². The molecule has 0 bridgehead atoms. The molecule has 1 aromatic heterocycles. The number of nitrogens with one attached hydrogen (secondary N) is 1. The van der Waals surface area contributed by atoms with Crippen molar-refractivity contribution >= 4 is 11.8 Å². The molecule has 0 fully saturated rings. The summed E-state index contributed by atoms with van der Waals surface area (Å²) in [6, 6.07) is 10.2. The number of hydrogen-bond acceptors (Lipinski definition) is 4. The highest BCUT2D eigenvalue weighted by Crippen LogP contribution is 2.15. The number of benzene rings is 1. The van der Waals surface area contributed by atoms with Crippen molar-refractivity contribution in [2.24, 2.45) is 0 Å². The highest BCUT2D eigenvalue weighted by Gasteiger charge is 2.05. The highest BCUT2D eigenvalue weighted by atomic mass is 15.1. The second-order valence-electron chi connectivity index (χ2n) is 4.90. The van der Waals surface area contributed by atoms with E-state index in [0.717, 1.165) is 24.9 Å². The summed E-state index contributed by atoms with van der Waals surface area (Å²) in [5.41, 5.74) is 8.19. The fourth-order valence-corrected chi connectivity index (χ4v) is 2.03. The Hall–Kier alpha value is -2.10. The molecule has 0 unspecified atom stereocenters. The number of unbranched alkanes of at least 4 members (excludes halogenated alkanes) is 2. The fourth-order valence-electron chi connectivity index (χ4n) is 2.03. The molecule has 0 saturated heterocycles. The van der Waals surface area contributed by atoms with Gasteiger partial charge in [-0.05, 0) is 12.0 Å². The quantitative estimate of drug-likeness (QED) is 0.758. The molecule has 0 aliphatic heterocycles. The Labute approximate surface area is 120 Å². The van der Waals surface area contributed by atoms with E-state index in [1.54, 1.807) is 0 Å². The Morgan fingerprint density at radius 2 is 1.95 bits per heavy atom. The zero-order chi connectivity index (χ0) is 14.2. The lowest BCUT2D eigenvalue weighted by atomic mass is 10.1. The monoisotopic (exact) mass is 270 g/mol. The average molecular weight is 270 g/mol. The number of anilines is 2. The molecule has 3 N–H and O–H groups in total. The molecule has 4 heteroatoms. The number of nitrogen functional groups attached to an aromatic ring is 1. The van der Waals surface area contributed by atoms with Gasteiger partial charge in [-0.25, -0.2) is 4.98 Å². The molecule has 0 radical (unpaired) electrons. The van der Waals surface area contributed by atoms with Crippen LogP contribution in [0.1, 0.15) is 37.3 Å². The van der Waals surface area contributed by atoms with Gasteiger partial charge in [0.2, 0.25) is 5.95 Å². The minimum atomic E-state index is 0.557. The molecule has 106 valence electrons. The van der Waals surface area contributed by atoms with E-state index < -0.39 is 0 Å². The summed E-state index contributed by atoms with van der Waals surface area (Å²) in [5, 5.41) is 3.21. The number of aromatic nitrogens is 2. The molecule has 0 aliphatic carbocycles. The zero-order valence-corrected chi connectivity index (χ0v) is 12.0. The molecule has 0 aliphatic rings. The first kappa shape index (κ1) is 14.3. The van der Waals surface area contributed by atoms with Gasteiger partial charge in [0, 0.05) is 24.7 Å². The lowest BCUT2D eigenvalue weighted by molar-refractivity contribution is 0.740. The van der Waals surface area contributed by atoms with Crippen molar-refractivity contribution in [3.63, 3.8) is 0 Å². The maximum atomic E-state index is 6.01. The summed E-state index contributed by atoms with van der Waals surface area (Å²) in [4.78, 5) is 8.65. The maximum Gasteiger partial charge on any atom is 0.224 e. The first-order valence-corrected chi connectivity index (χ1v) is 7.18. The fraction of sp³-hybridized carbons (Fsp3) is 0.375. The average Bonchev–Trinajstić information content (AvgIpc) is 2.47. The molecular formula is C16H22N4. The van der Waals surface area contributed by atoms with E-state index in [1.165, 1.54) is 18.4 Å². The zero-order valence-electron chi connectivity index (χ0n) is 12.0. The molecule has 0 saturated carbocycles. The summed E-state index contributed by atoms with van der Waals surface area (Å²) in [6.45, 7) is 3.08. The Morgan fingerprint density at radius 1 is 1.15 bits per heavy atom. The van der Waals surface area contributed by atoms with Gasteiger partial charge in [0.05, 0.1) is 0 Å². The minimum Gasteiger partial charge on any atom is -0.383 e. The van der Waals surface area contributed by atoms with E-state index >= 15 is 0 Å². The molecular weight excluding hydrogens is 248 g/mol. The van der Waals surface area contributed by atoms with E-state index in [4.69, 9.17) is 5.73 Å². The second kappa shape index (κ2) is 7.48. The van der Waals surface area contributed by atoms with Gasteiger partial charge in [0.15, 0.2) is 0 Å². The summed E-state index contributed by atoms with van der Waals surface area (Å²) in [5.74, 6) is 1.18. The van der Waals surface area contributed by atoms with Crippen molar-refractivity contribution in [2.75, 3.05) is 17.6 Å². The second-order valence-corrected chi connectivity index (χ2v) is 4.90. The number of rotatable bonds is 7. The maximum absolute atomic E-state index is 6.01. The Kier molecular flexibility index (Phi) is 5.35. The van der Waals surface area contributed by atoms with E-state index in [0.29, 0.717) is 11.8 Å². The predicted octanol–water partition coefficient (Wildman–Crippen LogP) is 3.25. The van der Waals surface area contributed by atoms with Crippen LogP contribution >= 0.6 is 0 Å². The topological polar surface area (TPSA) is 63.8 Å². The van der Waals surface area contributed by atoms with Gasteiger partial charge in [0.1, 0.15) is 5.82 Å². The van der Waals surface area contributed by atoms with Gasteiger partial charge in [-0.1, -0.05) is 50.1 Å². The van der Waals surface area contributed by atoms with Crippen LogP contribution in [-0.4, -0.2) is 16.5 Å². The molecule has 2 rings (SSSR count). The summed E-state index contributed by atoms with van der Waals surface area (Å²) in [6.07, 6.45) is 6.14. The smallest absolute Gasteiger partial charge is 0.224 e. The molecule has 0 spiro atoms. The predicted molar refractivity (Wildman–Crippen MR) is 83.7 cm³/mol. The van der Waals surface area contributed by atoms with Gasteiger partial charge in [-0.15, -0.1) is 0 Å². The van der Waals surface area contributed by atoms with Gasteiger partial charge in [0.25, 0.3) is 0 Å². The number of hydrogen-bond donors (Lipinski definition) is 2. The standard InChI is InChI=1S/C16H22N4/c1-2-3-7-10-18-16-19-12-14(15(17)20-16)11-13-8-5-4-6-9-13/h4-6,8-9,12H,2-3,7,10-11H2,1H3,(H3,17,18,19,20). The minimum absolute atomic E-state index is 0.557. The third-order valence-electron chi connectivity index (χ3n) is 3.20. The van der Waals surface area contributed by atoms with E-state index in [2.05, 4.69) is 34.3 Å². The van der Waals surface area contributed by atoms with Crippen LogP contribution in [0.5, 0.6) is 0 Å². The van der Waals surface area contributed by atoms with Crippen LogP contribution in [-0.2, 0) is 6.42 Å². The Morgan fingerprint density at radius 3 is 2.65 bits per heavy atom. The van der Waals surface area contributed by atoms with Gasteiger partial charge >= 0.3 is 0 Å². The van der Waals surface area contributed by atoms with E-state index in [-0.39, 0.29) is 0 Å². The third-order valence-corrected chi connectivity index (χ3v) is 3.20. The van der Waals surface area contributed by atoms with Crippen molar-refractivity contribution in [1.82, 2.24) is 9.97 Å². The van der Waals surface area contributed by atoms with E-state index in [1.807, 2.05) is 24.4 Å². The van der Waals surface area contributed by atoms with Crippen LogP contribution in [0.2, 0.25) is 0 Å². The highest BCUT2D eigenvalue weighted by molar-refractivity contribution is 5.45. The van der Waals surface area contributed by atoms with Crippen molar-refractivity contribution in [1.29, 1.82) is 0 Å². The van der Waals surface area contributed by atoms with Crippen LogP contribution < -0.4 is 11.1 Å². The molecule has 0 atom stereocenters. The summed E-state index contributed by atoms with van der Waals surface area (Å²) >= 11 is 0. The number of nitrogens with two attached hydrogens (primary N) is 1. The first-order chi connectivity index (χ1) is 9.79. The Balaban J connectivity index is 1.95. The van der Waals surface area contributed by atoms with Crippen LogP contribution in [0.15, 0.2) is 36.5 Å². The summed E-state index contributed by atoms with van der Waals surface area (Å²) in [7, 11) is 0. The van der Waals surface area contributed by atoms with Gasteiger partial charge in [-0.2, -0.15) is 4.98 Å². The Bertz CT molecular complexity index is 525. The molecule has 0 amide bonds. The van der Waals surface area contributed by atoms with Gasteiger partial charge in [-0.3, -0.25) is 0 Å². The van der Waals surface area contributed by atoms with Crippen LogP contribution in [0.3, 0.4) is 0 Å². The summed E-state index contributed by atoms with van der Waals surface area (Å²) < 4.78 is 0. The molecule has 2 aromatic rings. The first-order valence-electron chi connectivity index (χ1n) is 7.18. The SMILES string of the molecule is CCCCCNc1ncc(Cc2ccccc2)c(N)n1. The normalized spacial score (nSPS) is 10.4. The third kappa shape index (κ3) is 4.23. The lowest BCUT2D eigenvalue weighted by Crippen LogP contribution is -2.08. The van der Waals surface area contributed by atoms with Crippen molar-refractivity contribution in [3.8, 4) is 0 Å². The molecule has 20 heavy (non-hydrogen) atoms. The largest absolute Gasteiger partial charge is 0.383 e. The van der Waals surface area contributed by atoms with E-state index in [9.17, 15) is 0 Å². The lowest BCUT2D eigenvalue weighted by Gasteiger charge is -2.08. The number of nitrogens with zero attached hydrogens (tertiary/aromatic N) is 2. The molecule has 4 nitrogen and oxygen atoms in total. The van der Waals surface area contributed by atoms with Crippen molar-refractivity contribution < 1.29 is 0 Å². The van der Waals surface area contributed by atoms with Crippen LogP contribution in [0, 0.1) is 0 Å². The molecule has 1 heterocycles. The van der Waals surface area contributed by atoms with Crippen molar-refractivity contribution in [2.45, 2.75) is 32.6 Å². The van der Waals surface area contributed by atoms with Gasteiger partial charge < -0.3 is 11.1 Å². The van der Waals surface area contributed by atoms with Crippen molar-refractivity contribution in [3.05, 3.63) is 47.7 Å².